The molecule has 3 aromatic carbocycles. The lowest BCUT2D eigenvalue weighted by Crippen LogP contribution is -2.34. The summed E-state index contributed by atoms with van der Waals surface area (Å²) in [5.41, 5.74) is 1.27. The molecule has 0 spiro atoms. The number of hydrogen-bond donors (Lipinski definition) is 2. The fraction of sp³-hybridized carbons (Fsp3) is 0.105. The molecule has 0 radical (unpaired) electrons. The second-order valence-corrected chi connectivity index (χ2v) is 5.56. The Morgan fingerprint density at radius 1 is 0.955 bits per heavy atom. The maximum absolute atomic E-state index is 5.29. The first-order chi connectivity index (χ1) is 10.8. The first-order valence-corrected chi connectivity index (χ1v) is 7.72. The van der Waals surface area contributed by atoms with E-state index < -0.39 is 0 Å². The summed E-state index contributed by atoms with van der Waals surface area (Å²) in [7, 11) is 0. The molecule has 0 aliphatic carbocycles. The second-order valence-electron chi connectivity index (χ2n) is 5.15. The van der Waals surface area contributed by atoms with E-state index >= 15 is 0 Å². The SMILES string of the molecule is C=CCNC(=S)NCc1c2ccccc2cc2ccccc12. The van der Waals surface area contributed by atoms with Crippen molar-refractivity contribution in [2.75, 3.05) is 6.54 Å². The summed E-state index contributed by atoms with van der Waals surface area (Å²) in [6, 6.07) is 19.2. The van der Waals surface area contributed by atoms with Gasteiger partial charge in [-0.05, 0) is 45.4 Å². The largest absolute Gasteiger partial charge is 0.359 e. The number of nitrogens with one attached hydrogen (secondary N) is 2. The van der Waals surface area contributed by atoms with Crippen LogP contribution in [0.5, 0.6) is 0 Å². The number of fused-ring (bicyclic) bond motifs is 2. The molecular weight excluding hydrogens is 288 g/mol. The van der Waals surface area contributed by atoms with Gasteiger partial charge in [-0.3, -0.25) is 0 Å². The van der Waals surface area contributed by atoms with E-state index in [9.17, 15) is 0 Å². The van der Waals surface area contributed by atoms with E-state index in [0.717, 1.165) is 0 Å². The molecule has 3 aromatic rings. The van der Waals surface area contributed by atoms with E-state index in [0.29, 0.717) is 18.2 Å². The smallest absolute Gasteiger partial charge is 0.166 e. The molecule has 0 aliphatic heterocycles. The van der Waals surface area contributed by atoms with E-state index in [-0.39, 0.29) is 0 Å². The van der Waals surface area contributed by atoms with Crippen LogP contribution in [0.15, 0.2) is 67.3 Å². The number of hydrogen-bond acceptors (Lipinski definition) is 1. The quantitative estimate of drug-likeness (QED) is 0.430. The van der Waals surface area contributed by atoms with Crippen molar-refractivity contribution in [2.45, 2.75) is 6.54 Å². The number of benzene rings is 3. The molecule has 0 heterocycles. The van der Waals surface area contributed by atoms with Crippen molar-refractivity contribution in [2.24, 2.45) is 0 Å². The van der Waals surface area contributed by atoms with Crippen molar-refractivity contribution >= 4 is 38.9 Å². The number of thiocarbonyl (C=S) groups is 1. The molecule has 0 saturated heterocycles. The van der Waals surface area contributed by atoms with E-state index in [2.05, 4.69) is 71.8 Å². The molecule has 0 amide bonds. The molecule has 0 aromatic heterocycles. The zero-order valence-corrected chi connectivity index (χ0v) is 13.1. The zero-order valence-electron chi connectivity index (χ0n) is 12.3. The van der Waals surface area contributed by atoms with E-state index in [1.165, 1.54) is 27.1 Å². The molecule has 2 nitrogen and oxygen atoms in total. The van der Waals surface area contributed by atoms with Gasteiger partial charge in [0, 0.05) is 13.1 Å². The molecule has 0 atom stereocenters. The highest BCUT2D eigenvalue weighted by Gasteiger charge is 2.07. The van der Waals surface area contributed by atoms with Crippen LogP contribution in [0.2, 0.25) is 0 Å². The standard InChI is InChI=1S/C19H18N2S/c1-2-11-20-19(22)21-13-18-16-9-5-3-7-14(16)12-15-8-4-6-10-17(15)18/h2-10,12H,1,11,13H2,(H2,20,21,22). The lowest BCUT2D eigenvalue weighted by Gasteiger charge is -2.14. The minimum absolute atomic E-state index is 0.650. The molecule has 0 aliphatic rings. The van der Waals surface area contributed by atoms with Gasteiger partial charge < -0.3 is 10.6 Å². The van der Waals surface area contributed by atoms with Crippen LogP contribution < -0.4 is 10.6 Å². The summed E-state index contributed by atoms with van der Waals surface area (Å²) in [4.78, 5) is 0. The first kappa shape index (κ1) is 14.5. The molecule has 2 N–H and O–H groups in total. The predicted octanol–water partition coefficient (Wildman–Crippen LogP) is 4.14. The van der Waals surface area contributed by atoms with Crippen molar-refractivity contribution in [3.8, 4) is 0 Å². The van der Waals surface area contributed by atoms with E-state index in [1.54, 1.807) is 6.08 Å². The third-order valence-corrected chi connectivity index (χ3v) is 4.00. The maximum Gasteiger partial charge on any atom is 0.166 e. The van der Waals surface area contributed by atoms with Gasteiger partial charge >= 0.3 is 0 Å². The summed E-state index contributed by atoms with van der Waals surface area (Å²) in [6.07, 6.45) is 1.79. The molecule has 22 heavy (non-hydrogen) atoms. The minimum atomic E-state index is 0.650. The number of rotatable bonds is 4. The summed E-state index contributed by atoms with van der Waals surface area (Å²) in [5, 5.41) is 12.1. The second kappa shape index (κ2) is 6.58. The van der Waals surface area contributed by atoms with Crippen molar-refractivity contribution in [1.82, 2.24) is 10.6 Å². The van der Waals surface area contributed by atoms with Gasteiger partial charge in [0.2, 0.25) is 0 Å². The molecule has 3 heteroatoms. The van der Waals surface area contributed by atoms with Crippen LogP contribution in [-0.2, 0) is 6.54 Å². The van der Waals surface area contributed by atoms with Crippen LogP contribution in [0.25, 0.3) is 21.5 Å². The molecule has 110 valence electrons. The van der Waals surface area contributed by atoms with Crippen LogP contribution in [0.1, 0.15) is 5.56 Å². The molecule has 0 unspecified atom stereocenters. The highest BCUT2D eigenvalue weighted by atomic mass is 32.1. The molecule has 3 rings (SSSR count). The Bertz CT molecular complexity index is 785. The van der Waals surface area contributed by atoms with E-state index in [1.807, 2.05) is 0 Å². The van der Waals surface area contributed by atoms with Crippen LogP contribution >= 0.6 is 12.2 Å². The van der Waals surface area contributed by atoms with Gasteiger partial charge in [0.15, 0.2) is 5.11 Å². The van der Waals surface area contributed by atoms with Crippen LogP contribution in [0.4, 0.5) is 0 Å². The minimum Gasteiger partial charge on any atom is -0.359 e. The lowest BCUT2D eigenvalue weighted by molar-refractivity contribution is 0.883. The van der Waals surface area contributed by atoms with Crippen molar-refractivity contribution in [1.29, 1.82) is 0 Å². The molecule has 0 fully saturated rings. The predicted molar refractivity (Wildman–Crippen MR) is 99.1 cm³/mol. The van der Waals surface area contributed by atoms with Gasteiger partial charge in [-0.15, -0.1) is 6.58 Å². The summed E-state index contributed by atoms with van der Waals surface area (Å²) in [6.45, 7) is 5.05. The summed E-state index contributed by atoms with van der Waals surface area (Å²) < 4.78 is 0. The maximum atomic E-state index is 5.29. The Morgan fingerprint density at radius 2 is 1.55 bits per heavy atom. The van der Waals surface area contributed by atoms with Gasteiger partial charge in [0.1, 0.15) is 0 Å². The summed E-state index contributed by atoms with van der Waals surface area (Å²) in [5.74, 6) is 0. The molecular formula is C19H18N2S. The average Bonchev–Trinajstić information content (AvgIpc) is 2.56. The highest BCUT2D eigenvalue weighted by Crippen LogP contribution is 2.28. The van der Waals surface area contributed by atoms with Gasteiger partial charge in [-0.2, -0.15) is 0 Å². The fourth-order valence-electron chi connectivity index (χ4n) is 2.69. The third kappa shape index (κ3) is 2.95. The Hall–Kier alpha value is -2.39. The first-order valence-electron chi connectivity index (χ1n) is 7.31. The van der Waals surface area contributed by atoms with Gasteiger partial charge in [-0.1, -0.05) is 54.6 Å². The monoisotopic (exact) mass is 306 g/mol. The lowest BCUT2D eigenvalue weighted by atomic mass is 9.97. The van der Waals surface area contributed by atoms with Gasteiger partial charge in [0.25, 0.3) is 0 Å². The van der Waals surface area contributed by atoms with Crippen LogP contribution in [0.3, 0.4) is 0 Å². The Labute approximate surface area is 135 Å². The zero-order chi connectivity index (χ0) is 15.4. The molecule has 0 bridgehead atoms. The normalized spacial score (nSPS) is 10.5. The van der Waals surface area contributed by atoms with Gasteiger partial charge in [0.05, 0.1) is 0 Å². The van der Waals surface area contributed by atoms with Gasteiger partial charge in [-0.25, -0.2) is 0 Å². The Morgan fingerprint density at radius 3 is 2.14 bits per heavy atom. The van der Waals surface area contributed by atoms with Crippen molar-refractivity contribution in [3.63, 3.8) is 0 Å². The summed E-state index contributed by atoms with van der Waals surface area (Å²) >= 11 is 5.29. The van der Waals surface area contributed by atoms with Crippen molar-refractivity contribution in [3.05, 3.63) is 72.8 Å². The average molecular weight is 306 g/mol. The fourth-order valence-corrected chi connectivity index (χ4v) is 2.85. The third-order valence-electron chi connectivity index (χ3n) is 3.72. The highest BCUT2D eigenvalue weighted by molar-refractivity contribution is 7.80. The van der Waals surface area contributed by atoms with Crippen LogP contribution in [0, 0.1) is 0 Å². The van der Waals surface area contributed by atoms with Crippen LogP contribution in [-0.4, -0.2) is 11.7 Å². The Balaban J connectivity index is 2.01. The van der Waals surface area contributed by atoms with E-state index in [4.69, 9.17) is 12.2 Å². The topological polar surface area (TPSA) is 24.1 Å². The molecule has 0 saturated carbocycles. The van der Waals surface area contributed by atoms with Crippen molar-refractivity contribution < 1.29 is 0 Å². The Kier molecular flexibility index (Phi) is 4.35.